The van der Waals surface area contributed by atoms with E-state index in [1.54, 1.807) is 0 Å². The number of benzene rings is 1. The van der Waals surface area contributed by atoms with E-state index in [2.05, 4.69) is 0 Å². The van der Waals surface area contributed by atoms with Crippen LogP contribution < -0.4 is 17.2 Å². The number of aldehydes is 1. The molecule has 1 amide bonds. The molecule has 0 radical (unpaired) electrons. The maximum Gasteiger partial charge on any atom is 0.240 e. The third-order valence-electron chi connectivity index (χ3n) is 11.4. The normalized spacial score (nSPS) is 23.3. The molecule has 9 heteroatoms. The van der Waals surface area contributed by atoms with E-state index in [1.807, 2.05) is 37.3 Å². The summed E-state index contributed by atoms with van der Waals surface area (Å²) in [7, 11) is 0. The Balaban J connectivity index is 1.81. The van der Waals surface area contributed by atoms with Gasteiger partial charge in [0.2, 0.25) is 5.91 Å². The molecule has 0 bridgehead atoms. The lowest BCUT2D eigenvalue weighted by Crippen LogP contribution is -2.75. The number of Topliss-reactive ketones (excluding diaryl/α,β-unsaturated/α-hetero) is 3. The summed E-state index contributed by atoms with van der Waals surface area (Å²) < 4.78 is 0. The molecule has 9 nitrogen and oxygen atoms in total. The highest BCUT2D eigenvalue weighted by Gasteiger charge is 2.68. The van der Waals surface area contributed by atoms with E-state index in [-0.39, 0.29) is 18.2 Å². The number of rotatable bonds is 17. The number of carbonyl (C=O) groups is 5. The maximum atomic E-state index is 15.4. The fraction of sp³-hybridized carbons (Fsp3) is 0.711. The number of unbranched alkanes of at least 4 members (excludes halogenated alkanes) is 1. The zero-order chi connectivity index (χ0) is 34.0. The molecular formula is C38H58N4O5. The molecule has 4 rings (SSSR count). The second-order valence-electron chi connectivity index (χ2n) is 14.6. The number of hydrogen-bond acceptors (Lipinski definition) is 8. The molecule has 0 aromatic heterocycles. The van der Waals surface area contributed by atoms with Crippen molar-refractivity contribution in [2.45, 2.75) is 146 Å². The van der Waals surface area contributed by atoms with Gasteiger partial charge >= 0.3 is 0 Å². The Morgan fingerprint density at radius 3 is 2.15 bits per heavy atom. The van der Waals surface area contributed by atoms with Gasteiger partial charge in [-0.25, -0.2) is 0 Å². The van der Waals surface area contributed by atoms with Crippen LogP contribution in [0.5, 0.6) is 0 Å². The van der Waals surface area contributed by atoms with Crippen LogP contribution in [-0.4, -0.2) is 64.7 Å². The van der Waals surface area contributed by atoms with Crippen LogP contribution >= 0.6 is 0 Å². The highest BCUT2D eigenvalue weighted by Crippen LogP contribution is 2.50. The number of ketones is 3. The van der Waals surface area contributed by atoms with E-state index in [0.717, 1.165) is 69.8 Å². The van der Waals surface area contributed by atoms with Gasteiger partial charge in [-0.05, 0) is 62.3 Å². The van der Waals surface area contributed by atoms with Gasteiger partial charge in [-0.15, -0.1) is 0 Å². The number of amides is 1. The van der Waals surface area contributed by atoms with Crippen molar-refractivity contribution < 1.29 is 24.0 Å². The largest absolute Gasteiger partial charge is 0.331 e. The summed E-state index contributed by atoms with van der Waals surface area (Å²) >= 11 is 0. The second-order valence-corrected chi connectivity index (χ2v) is 14.6. The number of nitrogens with two attached hydrogens (primary N) is 3. The zero-order valence-electron chi connectivity index (χ0n) is 28.5. The minimum absolute atomic E-state index is 0.0686. The topological polar surface area (TPSA) is 167 Å². The van der Waals surface area contributed by atoms with Gasteiger partial charge in [0, 0.05) is 13.0 Å². The lowest BCUT2D eigenvalue weighted by Gasteiger charge is -2.50. The van der Waals surface area contributed by atoms with Gasteiger partial charge in [-0.3, -0.25) is 19.2 Å². The fourth-order valence-corrected chi connectivity index (χ4v) is 8.84. The Hall–Kier alpha value is -2.75. The average molecular weight is 651 g/mol. The van der Waals surface area contributed by atoms with E-state index >= 15 is 9.59 Å². The molecule has 1 aromatic rings. The van der Waals surface area contributed by atoms with E-state index in [9.17, 15) is 14.4 Å². The van der Waals surface area contributed by atoms with Crippen molar-refractivity contribution in [3.05, 3.63) is 35.9 Å². The average Bonchev–Trinajstić information content (AvgIpc) is 3.60. The van der Waals surface area contributed by atoms with Crippen molar-refractivity contribution >= 4 is 29.5 Å². The standard InChI is InChI=1S/C38H58N4O5/c1-2-3-20-30(39)36(47)42-24-13-21-32(42)35(46)38(29-18-11-6-12-19-29,33(44)23-22-27-14-7-4-8-15-27)37(41,26-43)34(45)31(40)25-28-16-9-5-10-17-28/h4,7-8,14-15,26,28-32H,2-3,5-6,9-13,16-25,39-41H2,1H3/t30-,31+,32-,37-,38?/m0/s1. The fourth-order valence-electron chi connectivity index (χ4n) is 8.84. The van der Waals surface area contributed by atoms with Gasteiger partial charge in [0.1, 0.15) is 17.5 Å². The summed E-state index contributed by atoms with van der Waals surface area (Å²) in [4.78, 5) is 73.7. The highest BCUT2D eigenvalue weighted by atomic mass is 16.2. The van der Waals surface area contributed by atoms with Crippen molar-refractivity contribution in [2.75, 3.05) is 6.54 Å². The lowest BCUT2D eigenvalue weighted by molar-refractivity contribution is -0.164. The van der Waals surface area contributed by atoms with Crippen LogP contribution in [0.3, 0.4) is 0 Å². The summed E-state index contributed by atoms with van der Waals surface area (Å²) in [5.74, 6) is -2.55. The van der Waals surface area contributed by atoms with Crippen molar-refractivity contribution in [1.82, 2.24) is 4.90 Å². The number of likely N-dealkylation sites (tertiary alicyclic amines) is 1. The summed E-state index contributed by atoms with van der Waals surface area (Å²) in [6.07, 6.45) is 12.5. The molecule has 0 spiro atoms. The van der Waals surface area contributed by atoms with Crippen LogP contribution in [0.4, 0.5) is 0 Å². The molecule has 1 aliphatic heterocycles. The summed E-state index contributed by atoms with van der Waals surface area (Å²) in [6, 6.07) is 6.62. The van der Waals surface area contributed by atoms with Gasteiger partial charge in [-0.1, -0.05) is 101 Å². The first-order chi connectivity index (χ1) is 22.6. The predicted molar refractivity (Wildman–Crippen MR) is 183 cm³/mol. The molecule has 3 aliphatic rings. The molecule has 1 saturated heterocycles. The van der Waals surface area contributed by atoms with Gasteiger partial charge in [0.05, 0.1) is 18.1 Å². The molecule has 260 valence electrons. The van der Waals surface area contributed by atoms with Crippen LogP contribution in [0.1, 0.15) is 122 Å². The van der Waals surface area contributed by atoms with Crippen LogP contribution in [-0.2, 0) is 30.4 Å². The quantitative estimate of drug-likeness (QED) is 0.163. The Kier molecular flexibility index (Phi) is 13.5. The Morgan fingerprint density at radius 1 is 0.894 bits per heavy atom. The minimum atomic E-state index is -2.46. The third-order valence-corrected chi connectivity index (χ3v) is 11.4. The molecule has 2 aliphatic carbocycles. The Morgan fingerprint density at radius 2 is 1.53 bits per heavy atom. The molecule has 1 unspecified atom stereocenters. The second kappa shape index (κ2) is 17.1. The summed E-state index contributed by atoms with van der Waals surface area (Å²) in [5.41, 5.74) is 16.3. The van der Waals surface area contributed by atoms with Crippen molar-refractivity contribution in [3.8, 4) is 0 Å². The summed E-state index contributed by atoms with van der Waals surface area (Å²) in [5, 5.41) is 0. The molecule has 1 heterocycles. The number of aryl methyl sites for hydroxylation is 1. The number of carbonyl (C=O) groups excluding carboxylic acids is 5. The molecule has 47 heavy (non-hydrogen) atoms. The van der Waals surface area contributed by atoms with E-state index in [1.165, 1.54) is 4.90 Å². The van der Waals surface area contributed by atoms with Crippen LogP contribution in [0.2, 0.25) is 0 Å². The number of nitrogens with zero attached hydrogens (tertiary/aromatic N) is 1. The van der Waals surface area contributed by atoms with Crippen molar-refractivity contribution in [1.29, 1.82) is 0 Å². The van der Waals surface area contributed by atoms with Gasteiger partial charge in [-0.2, -0.15) is 0 Å². The predicted octanol–water partition coefficient (Wildman–Crippen LogP) is 4.60. The first-order valence-corrected chi connectivity index (χ1v) is 18.3. The van der Waals surface area contributed by atoms with E-state index < -0.39 is 52.3 Å². The monoisotopic (exact) mass is 650 g/mol. The van der Waals surface area contributed by atoms with Gasteiger partial charge < -0.3 is 26.9 Å². The smallest absolute Gasteiger partial charge is 0.240 e. The van der Waals surface area contributed by atoms with Crippen LogP contribution in [0, 0.1) is 17.3 Å². The molecular weight excluding hydrogens is 592 g/mol. The molecule has 2 saturated carbocycles. The first-order valence-electron chi connectivity index (χ1n) is 18.3. The Labute approximate surface area is 281 Å². The van der Waals surface area contributed by atoms with Crippen molar-refractivity contribution in [2.24, 2.45) is 34.5 Å². The van der Waals surface area contributed by atoms with Crippen LogP contribution in [0.25, 0.3) is 0 Å². The molecule has 6 N–H and O–H groups in total. The zero-order valence-corrected chi connectivity index (χ0v) is 28.5. The highest BCUT2D eigenvalue weighted by molar-refractivity contribution is 6.22. The molecule has 1 aromatic carbocycles. The SMILES string of the molecule is CCCC[C@H](N)C(=O)N1CCC[C@H]1C(=O)C(C(=O)CCc1ccccc1)(C1CCCCC1)[C@](N)(C=O)C(=O)[C@H](N)CC1CCCCC1. The third kappa shape index (κ3) is 7.94. The van der Waals surface area contributed by atoms with Gasteiger partial charge in [0.15, 0.2) is 17.1 Å². The number of hydrogen-bond donors (Lipinski definition) is 3. The van der Waals surface area contributed by atoms with Gasteiger partial charge in [0.25, 0.3) is 0 Å². The molecule has 5 atom stereocenters. The maximum absolute atomic E-state index is 15.4. The molecule has 3 fully saturated rings. The minimum Gasteiger partial charge on any atom is -0.331 e. The van der Waals surface area contributed by atoms with Crippen LogP contribution in [0.15, 0.2) is 30.3 Å². The first kappa shape index (κ1) is 37.1. The lowest BCUT2D eigenvalue weighted by atomic mass is 9.51. The Bertz CT molecular complexity index is 1230. The van der Waals surface area contributed by atoms with E-state index in [4.69, 9.17) is 17.2 Å². The van der Waals surface area contributed by atoms with Crippen molar-refractivity contribution in [3.63, 3.8) is 0 Å². The van der Waals surface area contributed by atoms with E-state index in [0.29, 0.717) is 57.8 Å². The summed E-state index contributed by atoms with van der Waals surface area (Å²) in [6.45, 7) is 2.34.